The van der Waals surface area contributed by atoms with E-state index in [0.29, 0.717) is 0 Å². The number of hydrogen-bond acceptors (Lipinski definition) is 9. The van der Waals surface area contributed by atoms with E-state index >= 15 is 0 Å². The molecule has 9 heteroatoms. The number of nitrogens with zero attached hydrogens (tertiary/aromatic N) is 6. The Balaban J connectivity index is 0.000000105. The van der Waals surface area contributed by atoms with Gasteiger partial charge in [-0.3, -0.25) is 0 Å². The van der Waals surface area contributed by atoms with E-state index in [1.165, 1.54) is 131 Å². The molecule has 0 spiro atoms. The number of para-hydroxylation sites is 2. The lowest BCUT2D eigenvalue weighted by Gasteiger charge is -2.13. The van der Waals surface area contributed by atoms with Crippen LogP contribution in [0.3, 0.4) is 0 Å². The smallest absolute Gasteiger partial charge is 0.160 e. The Hall–Kier alpha value is -15.6. The Bertz CT molecular complexity index is 8830. The monoisotopic (exact) mass is 1640 g/mol. The fourth-order valence-electron chi connectivity index (χ4n) is 18.2. The molecule has 582 valence electrons. The number of benzene rings is 20. The SMILES string of the molecule is c1cc(-c2ccc3cc4c(cc3c2)sc2ccccc24)cc(-c2nc(-c3cccc4ccccc34)c3ccccc3n2)c1.c1ccc(-c2nc(-c3cccc(-c4ccc5cc6c(cc5c4)sc4ccccc46)c3)nc3ccc4ccccc4c23)cc1.c1ccc(-c2nc(-c3cccc(-c4ccc5cc6c(cc5c4)sc4ccccc46)c3)nc3ccccc23)cc1. The molecule has 6 heterocycles. The molecule has 6 nitrogen and oxygen atoms in total. The Labute approximate surface area is 731 Å². The molecule has 0 saturated heterocycles. The zero-order valence-corrected chi connectivity index (χ0v) is 69.8. The number of hydrogen-bond donors (Lipinski definition) is 0. The average molecular weight is 1640 g/mol. The minimum Gasteiger partial charge on any atom is -0.228 e. The molecule has 0 bridgehead atoms. The molecule has 0 aliphatic carbocycles. The first-order valence-electron chi connectivity index (χ1n) is 42.1. The molecule has 0 unspecified atom stereocenters. The summed E-state index contributed by atoms with van der Waals surface area (Å²) in [4.78, 5) is 30.6. The first-order chi connectivity index (χ1) is 61.9. The maximum atomic E-state index is 5.22. The van der Waals surface area contributed by atoms with Gasteiger partial charge in [-0.2, -0.15) is 0 Å². The van der Waals surface area contributed by atoms with E-state index < -0.39 is 0 Å². The van der Waals surface area contributed by atoms with Crippen LogP contribution in [-0.4, -0.2) is 29.9 Å². The van der Waals surface area contributed by atoms with Crippen LogP contribution >= 0.6 is 34.0 Å². The summed E-state index contributed by atoms with van der Waals surface area (Å²) < 4.78 is 7.97. The van der Waals surface area contributed by atoms with Gasteiger partial charge >= 0.3 is 0 Å². The van der Waals surface area contributed by atoms with Gasteiger partial charge in [0.2, 0.25) is 0 Å². The van der Waals surface area contributed by atoms with Crippen LogP contribution in [0.4, 0.5) is 0 Å². The predicted molar refractivity (Wildman–Crippen MR) is 534 cm³/mol. The molecule has 0 radical (unpaired) electrons. The van der Waals surface area contributed by atoms with E-state index in [0.717, 1.165) is 117 Å². The van der Waals surface area contributed by atoms with Gasteiger partial charge < -0.3 is 0 Å². The Morgan fingerprint density at radius 3 is 0.936 bits per heavy atom. The van der Waals surface area contributed by atoms with E-state index in [1.807, 2.05) is 64.3 Å². The predicted octanol–water partition coefficient (Wildman–Crippen LogP) is 32.8. The van der Waals surface area contributed by atoms with Crippen molar-refractivity contribution in [1.29, 1.82) is 0 Å². The van der Waals surface area contributed by atoms with Crippen LogP contribution < -0.4 is 0 Å². The quantitative estimate of drug-likeness (QED) is 0.134. The molecule has 20 aromatic carbocycles. The minimum atomic E-state index is 0.733. The van der Waals surface area contributed by atoms with E-state index in [-0.39, 0.29) is 0 Å². The van der Waals surface area contributed by atoms with Crippen molar-refractivity contribution in [2.24, 2.45) is 0 Å². The van der Waals surface area contributed by atoms with Gasteiger partial charge in [0.15, 0.2) is 17.5 Å². The van der Waals surface area contributed by atoms with Crippen molar-refractivity contribution < 1.29 is 0 Å². The third-order valence-corrected chi connectivity index (χ3v) is 27.7. The van der Waals surface area contributed by atoms with Gasteiger partial charge in [-0.1, -0.05) is 315 Å². The van der Waals surface area contributed by atoms with Crippen LogP contribution in [0.15, 0.2) is 425 Å². The van der Waals surface area contributed by atoms with Crippen molar-refractivity contribution in [3.05, 3.63) is 425 Å². The van der Waals surface area contributed by atoms with Crippen molar-refractivity contribution >= 4 is 181 Å². The van der Waals surface area contributed by atoms with Crippen LogP contribution in [0.25, 0.3) is 248 Å². The molecular formula is C116H70N6S3. The summed E-state index contributed by atoms with van der Waals surface area (Å²) in [5, 5.41) is 23.5. The molecule has 0 aliphatic heterocycles. The second-order valence-corrected chi connectivity index (χ2v) is 35.2. The summed E-state index contributed by atoms with van der Waals surface area (Å²) in [7, 11) is 0. The standard InChI is InChI=1S/2C40H24N2S.C36H22N2S/c1-2-13-31-25(9-1)10-8-16-33(31)39-34-15-3-5-17-36(34)41-40(42-39)29-12-7-11-26(21-29)27-19-20-28-23-35-32-14-4-6-18-37(32)43-38(35)24-30(28)22-27;1-2-10-26(11-3-1)39-38-32-14-5-4-9-25(32)19-20-35(38)41-40(42-39)30-13-8-12-27(21-30)28-17-18-29-23-34-33-15-6-7-16-36(33)43-37(34)24-31(29)22-28;1-2-9-23(10-3-1)35-30-14-4-6-15-32(30)37-36(38-35)27-12-8-11-24(19-27)25-17-18-26-21-31-29-13-5-7-16-33(29)39-34(31)22-28(26)20-25/h2*1-24H;1-22H. The van der Waals surface area contributed by atoms with Gasteiger partial charge in [-0.15, -0.1) is 34.0 Å². The van der Waals surface area contributed by atoms with Crippen LogP contribution in [0, 0.1) is 0 Å². The van der Waals surface area contributed by atoms with Crippen molar-refractivity contribution in [3.8, 4) is 101 Å². The lowest BCUT2D eigenvalue weighted by molar-refractivity contribution is 1.23. The van der Waals surface area contributed by atoms with Crippen LogP contribution in [0.5, 0.6) is 0 Å². The number of aromatic nitrogens is 6. The second kappa shape index (κ2) is 30.8. The van der Waals surface area contributed by atoms with Crippen molar-refractivity contribution in [1.82, 2.24) is 29.9 Å². The van der Waals surface area contributed by atoms with Gasteiger partial charge in [0.25, 0.3) is 0 Å². The molecule has 125 heavy (non-hydrogen) atoms. The minimum absolute atomic E-state index is 0.733. The molecule has 6 aromatic heterocycles. The summed E-state index contributed by atoms with van der Waals surface area (Å²) in [6.45, 7) is 0. The molecule has 26 aromatic rings. The average Bonchev–Trinajstić information content (AvgIpc) is 1.57. The number of thiophene rings is 3. The topological polar surface area (TPSA) is 77.3 Å². The second-order valence-electron chi connectivity index (χ2n) is 31.9. The Kier molecular flexibility index (Phi) is 18.1. The summed E-state index contributed by atoms with van der Waals surface area (Å²) in [6.07, 6.45) is 0. The third-order valence-electron chi connectivity index (χ3n) is 24.3. The molecule has 0 saturated carbocycles. The van der Waals surface area contributed by atoms with Gasteiger partial charge in [-0.05, 0) is 196 Å². The Morgan fingerprint density at radius 1 is 0.144 bits per heavy atom. The lowest BCUT2D eigenvalue weighted by Crippen LogP contribution is -1.96. The maximum absolute atomic E-state index is 5.22. The third kappa shape index (κ3) is 13.5. The molecule has 0 N–H and O–H groups in total. The van der Waals surface area contributed by atoms with Crippen molar-refractivity contribution in [3.63, 3.8) is 0 Å². The summed E-state index contributed by atoms with van der Waals surface area (Å²) in [5.74, 6) is 2.20. The van der Waals surface area contributed by atoms with Gasteiger partial charge in [0, 0.05) is 110 Å². The highest BCUT2D eigenvalue weighted by Crippen LogP contribution is 2.45. The fourth-order valence-corrected chi connectivity index (χ4v) is 21.6. The molecule has 0 aliphatic rings. The summed E-state index contributed by atoms with van der Waals surface area (Å²) >= 11 is 5.59. The van der Waals surface area contributed by atoms with Gasteiger partial charge in [0.1, 0.15) is 0 Å². The van der Waals surface area contributed by atoms with E-state index in [9.17, 15) is 0 Å². The van der Waals surface area contributed by atoms with Crippen LogP contribution in [0.1, 0.15) is 0 Å². The summed E-state index contributed by atoms with van der Waals surface area (Å²) in [6, 6.07) is 151. The number of fused-ring (bicyclic) bond motifs is 18. The first kappa shape index (κ1) is 73.3. The van der Waals surface area contributed by atoms with Crippen molar-refractivity contribution in [2.75, 3.05) is 0 Å². The van der Waals surface area contributed by atoms with E-state index in [4.69, 9.17) is 29.9 Å². The van der Waals surface area contributed by atoms with Gasteiger partial charge in [0.05, 0.1) is 33.6 Å². The zero-order valence-electron chi connectivity index (χ0n) is 67.3. The largest absolute Gasteiger partial charge is 0.228 e. The molecule has 0 fully saturated rings. The van der Waals surface area contributed by atoms with Crippen LogP contribution in [0.2, 0.25) is 0 Å². The van der Waals surface area contributed by atoms with E-state index in [1.54, 1.807) is 0 Å². The zero-order chi connectivity index (χ0) is 82.4. The highest BCUT2D eigenvalue weighted by atomic mass is 32.1. The van der Waals surface area contributed by atoms with Crippen LogP contribution in [-0.2, 0) is 0 Å². The van der Waals surface area contributed by atoms with Crippen molar-refractivity contribution in [2.45, 2.75) is 0 Å². The molecule has 26 rings (SSSR count). The van der Waals surface area contributed by atoms with Gasteiger partial charge in [-0.25, -0.2) is 29.9 Å². The maximum Gasteiger partial charge on any atom is 0.160 e. The molecule has 0 atom stereocenters. The Morgan fingerprint density at radius 2 is 0.464 bits per heavy atom. The normalized spacial score (nSPS) is 11.7. The fraction of sp³-hybridized carbons (Fsp3) is 0. The highest BCUT2D eigenvalue weighted by molar-refractivity contribution is 7.26. The highest BCUT2D eigenvalue weighted by Gasteiger charge is 2.21. The lowest BCUT2D eigenvalue weighted by atomic mass is 9.97. The summed E-state index contributed by atoms with van der Waals surface area (Å²) in [5.41, 5.74) is 19.1. The molecular weight excluding hydrogens is 1570 g/mol. The van der Waals surface area contributed by atoms with E-state index in [2.05, 4.69) is 394 Å². The number of rotatable bonds is 9. The first-order valence-corrected chi connectivity index (χ1v) is 44.5. The molecule has 0 amide bonds.